The minimum Gasteiger partial charge on any atom is -0.365 e. The van der Waals surface area contributed by atoms with Crippen LogP contribution in [0.2, 0.25) is 0 Å². The molecule has 2 fully saturated rings. The van der Waals surface area contributed by atoms with E-state index in [-0.39, 0.29) is 5.41 Å². The van der Waals surface area contributed by atoms with Gasteiger partial charge in [0.05, 0.1) is 6.10 Å². The lowest BCUT2D eigenvalue weighted by molar-refractivity contribution is 0.0142. The number of hydrogen-bond acceptors (Lipinski definition) is 3. The zero-order valence-corrected chi connectivity index (χ0v) is 17.5. The van der Waals surface area contributed by atoms with Gasteiger partial charge in [-0.3, -0.25) is 4.90 Å². The topological polar surface area (TPSA) is 15.7 Å². The molecule has 0 radical (unpaired) electrons. The van der Waals surface area contributed by atoms with Gasteiger partial charge in [0, 0.05) is 30.6 Å². The summed E-state index contributed by atoms with van der Waals surface area (Å²) in [6, 6.07) is 0. The molecule has 0 aliphatic carbocycles. The first kappa shape index (κ1) is 20.7. The maximum atomic E-state index is 5.96. The zero-order valence-electron chi connectivity index (χ0n) is 17.5. The predicted octanol–water partition coefficient (Wildman–Crippen LogP) is 4.03. The highest BCUT2D eigenvalue weighted by molar-refractivity contribution is 5.07. The third-order valence-electron chi connectivity index (χ3n) is 5.47. The smallest absolute Gasteiger partial charge is 0.108 e. The summed E-state index contributed by atoms with van der Waals surface area (Å²) >= 11 is 0. The Morgan fingerprint density at radius 3 is 2.00 bits per heavy atom. The quantitative estimate of drug-likeness (QED) is 0.714. The number of piperidine rings is 2. The van der Waals surface area contributed by atoms with Crippen molar-refractivity contribution >= 4 is 0 Å². The van der Waals surface area contributed by atoms with Gasteiger partial charge < -0.3 is 9.64 Å². The average molecular weight is 349 g/mol. The lowest BCUT2D eigenvalue weighted by atomic mass is 9.92. The number of nitrogens with zero attached hydrogens (tertiary/aromatic N) is 2. The Kier molecular flexibility index (Phi) is 7.38. The molecule has 144 valence electrons. The van der Waals surface area contributed by atoms with E-state index in [1.165, 1.54) is 45.6 Å². The Hall–Kier alpha value is -0.560. The second kappa shape index (κ2) is 8.89. The van der Waals surface area contributed by atoms with E-state index in [0.717, 1.165) is 18.8 Å². The van der Waals surface area contributed by atoms with E-state index < -0.39 is 0 Å². The lowest BCUT2D eigenvalue weighted by Gasteiger charge is -2.42. The van der Waals surface area contributed by atoms with Crippen LogP contribution in [0.4, 0.5) is 0 Å². The van der Waals surface area contributed by atoms with Crippen LogP contribution >= 0.6 is 0 Å². The van der Waals surface area contributed by atoms with Gasteiger partial charge in [-0.25, -0.2) is 0 Å². The Bertz CT molecular complexity index is 447. The van der Waals surface area contributed by atoms with Crippen LogP contribution in [0, 0.1) is 23.2 Å². The summed E-state index contributed by atoms with van der Waals surface area (Å²) in [5.41, 5.74) is 0.409. The van der Waals surface area contributed by atoms with Crippen molar-refractivity contribution in [2.45, 2.75) is 78.9 Å². The van der Waals surface area contributed by atoms with Gasteiger partial charge in [0.2, 0.25) is 0 Å². The first-order valence-corrected chi connectivity index (χ1v) is 10.2. The Morgan fingerprint density at radius 1 is 0.880 bits per heavy atom. The average Bonchev–Trinajstić information content (AvgIpc) is 2.52. The summed E-state index contributed by atoms with van der Waals surface area (Å²) in [4.78, 5) is 5.31. The fraction of sp³-hybridized carbons (Fsp3) is 0.909. The van der Waals surface area contributed by atoms with Gasteiger partial charge >= 0.3 is 0 Å². The molecule has 0 aromatic rings. The normalized spacial score (nSPS) is 22.6. The molecule has 0 saturated carbocycles. The highest BCUT2D eigenvalue weighted by Gasteiger charge is 2.28. The number of rotatable bonds is 4. The largest absolute Gasteiger partial charge is 0.365 e. The Morgan fingerprint density at radius 2 is 1.48 bits per heavy atom. The van der Waals surface area contributed by atoms with Crippen LogP contribution in [0.1, 0.15) is 67.2 Å². The molecule has 0 spiro atoms. The van der Waals surface area contributed by atoms with E-state index >= 15 is 0 Å². The van der Waals surface area contributed by atoms with Gasteiger partial charge in [0.15, 0.2) is 0 Å². The molecule has 2 aliphatic heterocycles. The maximum Gasteiger partial charge on any atom is 0.108 e. The molecule has 2 aliphatic rings. The Labute approximate surface area is 156 Å². The summed E-state index contributed by atoms with van der Waals surface area (Å²) in [5.74, 6) is 7.31. The van der Waals surface area contributed by atoms with Crippen LogP contribution in [0.25, 0.3) is 0 Å². The highest BCUT2D eigenvalue weighted by atomic mass is 16.5. The van der Waals surface area contributed by atoms with E-state index in [2.05, 4.69) is 63.2 Å². The standard InChI is InChI=1S/C22H40N2O/c1-21(2,3)12-7-17-25-20-10-13-23(14-11-20)18-19-8-15-24(16-9-19)22(4,5)6/h19-20H,8-11,13-18H2,1-6H3. The third-order valence-corrected chi connectivity index (χ3v) is 5.47. The van der Waals surface area contributed by atoms with Crippen molar-refractivity contribution in [2.24, 2.45) is 11.3 Å². The molecule has 25 heavy (non-hydrogen) atoms. The minimum absolute atomic E-state index is 0.0787. The van der Waals surface area contributed by atoms with E-state index in [4.69, 9.17) is 4.74 Å². The predicted molar refractivity (Wildman–Crippen MR) is 107 cm³/mol. The van der Waals surface area contributed by atoms with Gasteiger partial charge in [0.1, 0.15) is 6.61 Å². The fourth-order valence-corrected chi connectivity index (χ4v) is 3.87. The molecule has 0 aromatic carbocycles. The van der Waals surface area contributed by atoms with E-state index in [9.17, 15) is 0 Å². The molecule has 0 aromatic heterocycles. The van der Waals surface area contributed by atoms with Gasteiger partial charge in [-0.05, 0) is 86.2 Å². The third kappa shape index (κ3) is 7.69. The lowest BCUT2D eigenvalue weighted by Crippen LogP contribution is -2.48. The van der Waals surface area contributed by atoms with Crippen molar-refractivity contribution < 1.29 is 4.74 Å². The summed E-state index contributed by atoms with van der Waals surface area (Å²) in [6.07, 6.45) is 5.45. The van der Waals surface area contributed by atoms with Gasteiger partial charge in [-0.1, -0.05) is 11.8 Å². The summed E-state index contributed by atoms with van der Waals surface area (Å²) in [7, 11) is 0. The van der Waals surface area contributed by atoms with Crippen LogP contribution in [-0.4, -0.2) is 60.8 Å². The van der Waals surface area contributed by atoms with Crippen LogP contribution in [-0.2, 0) is 4.74 Å². The number of hydrogen-bond donors (Lipinski definition) is 0. The fourth-order valence-electron chi connectivity index (χ4n) is 3.87. The van der Waals surface area contributed by atoms with Crippen molar-refractivity contribution in [3.05, 3.63) is 0 Å². The van der Waals surface area contributed by atoms with Crippen LogP contribution in [0.15, 0.2) is 0 Å². The van der Waals surface area contributed by atoms with Crippen molar-refractivity contribution in [3.8, 4) is 11.8 Å². The van der Waals surface area contributed by atoms with Crippen molar-refractivity contribution in [1.82, 2.24) is 9.80 Å². The molecule has 0 bridgehead atoms. The zero-order chi connectivity index (χ0) is 18.5. The second-order valence-electron chi connectivity index (χ2n) is 9.96. The molecule has 0 atom stereocenters. The molecule has 3 heteroatoms. The summed E-state index contributed by atoms with van der Waals surface area (Å²) < 4.78 is 5.96. The second-order valence-corrected chi connectivity index (χ2v) is 9.96. The molecule has 0 N–H and O–H groups in total. The van der Waals surface area contributed by atoms with Crippen molar-refractivity contribution in [3.63, 3.8) is 0 Å². The van der Waals surface area contributed by atoms with Gasteiger partial charge in [0.25, 0.3) is 0 Å². The van der Waals surface area contributed by atoms with Crippen molar-refractivity contribution in [2.75, 3.05) is 39.3 Å². The molecule has 2 rings (SSSR count). The molecule has 0 unspecified atom stereocenters. The number of likely N-dealkylation sites (tertiary alicyclic amines) is 2. The molecule has 3 nitrogen and oxygen atoms in total. The molecular formula is C22H40N2O. The molecule has 2 heterocycles. The van der Waals surface area contributed by atoms with Crippen molar-refractivity contribution in [1.29, 1.82) is 0 Å². The van der Waals surface area contributed by atoms with Crippen LogP contribution in [0.3, 0.4) is 0 Å². The molecule has 0 amide bonds. The first-order valence-electron chi connectivity index (χ1n) is 10.2. The minimum atomic E-state index is 0.0787. The summed E-state index contributed by atoms with van der Waals surface area (Å²) in [5, 5.41) is 0. The SMILES string of the molecule is CC(C)(C)C#CCOC1CCN(CC2CCN(C(C)(C)C)CC2)CC1. The van der Waals surface area contributed by atoms with Gasteiger partial charge in [-0.15, -0.1) is 0 Å². The molecular weight excluding hydrogens is 308 g/mol. The van der Waals surface area contributed by atoms with Crippen LogP contribution in [0.5, 0.6) is 0 Å². The van der Waals surface area contributed by atoms with E-state index in [0.29, 0.717) is 18.2 Å². The van der Waals surface area contributed by atoms with E-state index in [1.807, 2.05) is 0 Å². The first-order chi connectivity index (χ1) is 11.6. The summed E-state index contributed by atoms with van der Waals surface area (Å²) in [6.45, 7) is 20.2. The van der Waals surface area contributed by atoms with Crippen LogP contribution < -0.4 is 0 Å². The highest BCUT2D eigenvalue weighted by Crippen LogP contribution is 2.25. The number of ether oxygens (including phenoxy) is 1. The Balaban J connectivity index is 1.62. The maximum absolute atomic E-state index is 5.96. The monoisotopic (exact) mass is 348 g/mol. The van der Waals surface area contributed by atoms with E-state index in [1.54, 1.807) is 0 Å². The molecule has 2 saturated heterocycles. The van der Waals surface area contributed by atoms with Gasteiger partial charge in [-0.2, -0.15) is 0 Å².